The molecule has 1 rings (SSSR count). The number of nitrogens with zero attached hydrogens (tertiary/aromatic N) is 3. The molecular weight excluding hydrogens is 174 g/mol. The van der Waals surface area contributed by atoms with E-state index in [9.17, 15) is 13.2 Å². The van der Waals surface area contributed by atoms with Gasteiger partial charge in [0.25, 0.3) is 0 Å². The molecule has 0 aliphatic heterocycles. The Kier molecular flexibility index (Phi) is 1.95. The van der Waals surface area contributed by atoms with Crippen molar-refractivity contribution in [2.24, 2.45) is 0 Å². The number of hydrogen-bond acceptors (Lipinski definition) is 2. The van der Waals surface area contributed by atoms with Gasteiger partial charge in [-0.2, -0.15) is 18.3 Å². The standard InChI is InChI=1S/C4H3F3N3.Al.2H/c1-2-8-3(10-9-2)4(5,6)7;;;/h1H3;;;/q-1;+1;;. The monoisotopic (exact) mass is 179 g/mol. The van der Waals surface area contributed by atoms with Crippen LogP contribution in [0.4, 0.5) is 13.2 Å². The van der Waals surface area contributed by atoms with Gasteiger partial charge in [0.2, 0.25) is 5.82 Å². The van der Waals surface area contributed by atoms with Crippen LogP contribution in [0, 0.1) is 6.92 Å². The predicted molar refractivity (Wildman–Crippen MR) is 33.7 cm³/mol. The molecule has 60 valence electrons. The van der Waals surface area contributed by atoms with E-state index in [0.717, 1.165) is 3.67 Å². The third-order valence-electron chi connectivity index (χ3n) is 1.12. The Balaban J connectivity index is 3.13. The maximum atomic E-state index is 12.0. The first-order valence-corrected chi connectivity index (χ1v) is 3.75. The highest BCUT2D eigenvalue weighted by Crippen LogP contribution is 2.26. The zero-order valence-electron chi connectivity index (χ0n) is 5.98. The molecule has 0 spiro atoms. The van der Waals surface area contributed by atoms with Crippen molar-refractivity contribution in [3.05, 3.63) is 11.6 Å². The van der Waals surface area contributed by atoms with Crippen molar-refractivity contribution >= 4 is 16.5 Å². The molecule has 0 aliphatic rings. The lowest BCUT2D eigenvalue weighted by molar-refractivity contribution is -0.145. The SMILES string of the molecule is Cc1nc(C(F)(F)F)[n]([AlH2])n1. The van der Waals surface area contributed by atoms with E-state index in [0.29, 0.717) is 0 Å². The molecule has 0 fully saturated rings. The van der Waals surface area contributed by atoms with Crippen molar-refractivity contribution in [1.82, 2.24) is 13.7 Å². The summed E-state index contributed by atoms with van der Waals surface area (Å²) in [6.45, 7) is 1.43. The van der Waals surface area contributed by atoms with E-state index >= 15 is 0 Å². The third kappa shape index (κ3) is 1.73. The Hall–Kier alpha value is -0.538. The molecule has 0 aliphatic carbocycles. The highest BCUT2D eigenvalue weighted by molar-refractivity contribution is 6.06. The van der Waals surface area contributed by atoms with Crippen LogP contribution in [0.3, 0.4) is 0 Å². The minimum atomic E-state index is -4.37. The summed E-state index contributed by atoms with van der Waals surface area (Å²) < 4.78 is 36.7. The summed E-state index contributed by atoms with van der Waals surface area (Å²) >= 11 is 0.200. The van der Waals surface area contributed by atoms with Gasteiger partial charge in [-0.05, 0) is 6.92 Å². The van der Waals surface area contributed by atoms with Gasteiger partial charge in [0, 0.05) is 0 Å². The van der Waals surface area contributed by atoms with Crippen LogP contribution in [0.2, 0.25) is 0 Å². The van der Waals surface area contributed by atoms with Crippen molar-refractivity contribution in [3.8, 4) is 0 Å². The van der Waals surface area contributed by atoms with Crippen LogP contribution in [-0.2, 0) is 6.18 Å². The van der Waals surface area contributed by atoms with Gasteiger partial charge in [-0.25, -0.2) is 4.98 Å². The van der Waals surface area contributed by atoms with Gasteiger partial charge in [0.1, 0.15) is 5.82 Å². The molecule has 1 aromatic rings. The van der Waals surface area contributed by atoms with E-state index in [-0.39, 0.29) is 22.3 Å². The molecule has 0 saturated carbocycles. The Bertz CT molecular complexity index is 266. The Morgan fingerprint density at radius 1 is 1.45 bits per heavy atom. The van der Waals surface area contributed by atoms with Crippen LogP contribution in [0.5, 0.6) is 0 Å². The molecule has 0 unspecified atom stereocenters. The van der Waals surface area contributed by atoms with Gasteiger partial charge in [0.05, 0.1) is 0 Å². The van der Waals surface area contributed by atoms with Crippen LogP contribution in [-0.4, -0.2) is 30.3 Å². The second-order valence-corrected chi connectivity index (χ2v) is 2.95. The van der Waals surface area contributed by atoms with E-state index < -0.39 is 12.0 Å². The number of aromatic nitrogens is 3. The minimum Gasteiger partial charge on any atom is -0.348 e. The highest BCUT2D eigenvalue weighted by atomic mass is 27.1. The maximum Gasteiger partial charge on any atom is 0.448 e. The molecule has 0 atom stereocenters. The van der Waals surface area contributed by atoms with E-state index in [2.05, 4.69) is 10.1 Å². The first kappa shape index (κ1) is 8.56. The number of aryl methyl sites for hydroxylation is 1. The number of hydrogen-bond donors (Lipinski definition) is 0. The third-order valence-corrected chi connectivity index (χ3v) is 1.75. The molecule has 0 N–H and O–H groups in total. The van der Waals surface area contributed by atoms with Crippen LogP contribution >= 0.6 is 0 Å². The quantitative estimate of drug-likeness (QED) is 0.525. The normalized spacial score (nSPS) is 12.0. The van der Waals surface area contributed by atoms with Gasteiger partial charge < -0.3 is 3.67 Å². The van der Waals surface area contributed by atoms with E-state index in [4.69, 9.17) is 0 Å². The first-order valence-electron chi connectivity index (χ1n) is 2.86. The van der Waals surface area contributed by atoms with Gasteiger partial charge in [-0.1, -0.05) is 0 Å². The smallest absolute Gasteiger partial charge is 0.348 e. The molecule has 1 heterocycles. The molecule has 0 radical (unpaired) electrons. The Labute approximate surface area is 68.9 Å². The van der Waals surface area contributed by atoms with Gasteiger partial charge in [-0.3, -0.25) is 0 Å². The fourth-order valence-corrected chi connectivity index (χ4v) is 1.40. The van der Waals surface area contributed by atoms with Crippen molar-refractivity contribution in [3.63, 3.8) is 0 Å². The summed E-state index contributed by atoms with van der Waals surface area (Å²) in [5, 5.41) is 3.52. The lowest BCUT2D eigenvalue weighted by atomic mass is 10.6. The highest BCUT2D eigenvalue weighted by Gasteiger charge is 2.35. The molecule has 1 aromatic heterocycles. The van der Waals surface area contributed by atoms with Crippen molar-refractivity contribution in [2.75, 3.05) is 0 Å². The summed E-state index contributed by atoms with van der Waals surface area (Å²) in [4.78, 5) is 3.24. The average molecular weight is 179 g/mol. The van der Waals surface area contributed by atoms with Crippen LogP contribution < -0.4 is 0 Å². The number of alkyl halides is 3. The average Bonchev–Trinajstić information content (AvgIpc) is 2.08. The molecular formula is C4H5AlF3N3. The van der Waals surface area contributed by atoms with Gasteiger partial charge in [-0.15, -0.1) is 0 Å². The zero-order valence-corrected chi connectivity index (χ0v) is 7.98. The van der Waals surface area contributed by atoms with Crippen LogP contribution in [0.25, 0.3) is 0 Å². The second-order valence-electron chi connectivity index (χ2n) is 2.10. The van der Waals surface area contributed by atoms with Crippen LogP contribution in [0.1, 0.15) is 11.6 Å². The molecule has 11 heavy (non-hydrogen) atoms. The van der Waals surface area contributed by atoms with E-state index in [1.54, 1.807) is 0 Å². The fraction of sp³-hybridized carbons (Fsp3) is 0.500. The molecule has 0 amide bonds. The summed E-state index contributed by atoms with van der Waals surface area (Å²) in [6.07, 6.45) is -4.37. The first-order chi connectivity index (χ1) is 4.91. The summed E-state index contributed by atoms with van der Waals surface area (Å²) in [5.41, 5.74) is 0. The Morgan fingerprint density at radius 3 is 2.18 bits per heavy atom. The Morgan fingerprint density at radius 2 is 2.00 bits per heavy atom. The summed E-state index contributed by atoms with van der Waals surface area (Å²) in [6, 6.07) is 0. The van der Waals surface area contributed by atoms with E-state index in [1.165, 1.54) is 6.92 Å². The van der Waals surface area contributed by atoms with Gasteiger partial charge in [0.15, 0.2) is 0 Å². The van der Waals surface area contributed by atoms with E-state index in [1.807, 2.05) is 0 Å². The molecule has 7 heteroatoms. The molecule has 0 bridgehead atoms. The largest absolute Gasteiger partial charge is 0.448 e. The van der Waals surface area contributed by atoms with Crippen LogP contribution in [0.15, 0.2) is 0 Å². The lowest BCUT2D eigenvalue weighted by Gasteiger charge is -2.03. The lowest BCUT2D eigenvalue weighted by Crippen LogP contribution is -2.14. The predicted octanol–water partition coefficient (Wildman–Crippen LogP) is 0.00152. The van der Waals surface area contributed by atoms with Crippen molar-refractivity contribution in [2.45, 2.75) is 13.1 Å². The molecule has 3 nitrogen and oxygen atoms in total. The number of rotatable bonds is 0. The summed E-state index contributed by atoms with van der Waals surface area (Å²) in [7, 11) is 0. The molecule has 0 aromatic carbocycles. The zero-order chi connectivity index (χ0) is 8.65. The van der Waals surface area contributed by atoms with Crippen molar-refractivity contribution in [1.29, 1.82) is 0 Å². The minimum absolute atomic E-state index is 0.160. The second kappa shape index (κ2) is 2.50. The van der Waals surface area contributed by atoms with Gasteiger partial charge >= 0.3 is 22.7 Å². The fourth-order valence-electron chi connectivity index (χ4n) is 0.759. The molecule has 0 saturated heterocycles. The maximum absolute atomic E-state index is 12.0. The number of halogens is 3. The summed E-state index contributed by atoms with van der Waals surface area (Å²) in [5.74, 6) is -0.742. The van der Waals surface area contributed by atoms with Crippen molar-refractivity contribution < 1.29 is 13.2 Å². The topological polar surface area (TPSA) is 30.7 Å².